The average Bonchev–Trinajstić information content (AvgIpc) is 3.35. The van der Waals surface area contributed by atoms with Gasteiger partial charge in [0.15, 0.2) is 0 Å². The minimum Gasteiger partial charge on any atom is -0.494 e. The molecule has 2 bridgehead atoms. The normalized spacial score (nSPS) is 20.9. The van der Waals surface area contributed by atoms with Crippen molar-refractivity contribution in [3.8, 4) is 28.4 Å². The molecule has 3 fully saturated rings. The van der Waals surface area contributed by atoms with Crippen LogP contribution in [0.4, 0.5) is 4.79 Å². The van der Waals surface area contributed by atoms with Gasteiger partial charge in [-0.05, 0) is 101 Å². The molecule has 5 aromatic rings. The molecule has 4 aromatic heterocycles. The zero-order valence-electron chi connectivity index (χ0n) is 30.1. The van der Waals surface area contributed by atoms with Crippen LogP contribution in [0.5, 0.6) is 5.75 Å². The van der Waals surface area contributed by atoms with Crippen LogP contribution in [0.15, 0.2) is 48.7 Å². The van der Waals surface area contributed by atoms with Gasteiger partial charge in [-0.1, -0.05) is 12.1 Å². The second kappa shape index (κ2) is 11.6. The topological polar surface area (TPSA) is 134 Å². The minimum absolute atomic E-state index is 0.0536. The largest absolute Gasteiger partial charge is 0.494 e. The standard InChI is InChI=1S/C40H43N7O5/c1-21-33(31-15-24-10-12-29(42-36(24)44(31)18-22-6-7-22)23-8-9-25-17-41-37(48)28(25)14-23)43-46-20-27(16-32(52-5)34(21)46)38(49)45-19-26-11-13-30(45)35(26)47(39(50)51)40(2,3)4/h8-10,12,14-16,20,22,26,30,35H,6-7,11,13,17-19H2,1-5H3,(H,41,48)(H,50,51)/t26?,30?,35-/m1/s1. The highest BCUT2D eigenvalue weighted by molar-refractivity contribution is 6.00. The highest BCUT2D eigenvalue weighted by Gasteiger charge is 2.54. The van der Waals surface area contributed by atoms with E-state index >= 15 is 0 Å². The number of aryl methyl sites for hydroxylation is 1. The molecule has 12 heteroatoms. The highest BCUT2D eigenvalue weighted by atomic mass is 16.5. The molecule has 9 rings (SSSR count). The van der Waals surface area contributed by atoms with Crippen LogP contribution < -0.4 is 10.1 Å². The van der Waals surface area contributed by atoms with Gasteiger partial charge >= 0.3 is 6.09 Å². The molecule has 2 N–H and O–H groups in total. The zero-order valence-corrected chi connectivity index (χ0v) is 30.1. The van der Waals surface area contributed by atoms with E-state index in [-0.39, 0.29) is 29.8 Å². The lowest BCUT2D eigenvalue weighted by atomic mass is 9.98. The van der Waals surface area contributed by atoms with E-state index in [0.717, 1.165) is 69.7 Å². The Balaban J connectivity index is 1.10. The number of pyridine rings is 2. The van der Waals surface area contributed by atoms with Gasteiger partial charge in [0.05, 0.1) is 36.1 Å². The van der Waals surface area contributed by atoms with Crippen molar-refractivity contribution in [3.05, 3.63) is 70.9 Å². The Morgan fingerprint density at radius 3 is 2.62 bits per heavy atom. The third kappa shape index (κ3) is 5.05. The Bertz CT molecular complexity index is 2330. The molecule has 1 aromatic carbocycles. The number of hydrogen-bond donors (Lipinski definition) is 2. The van der Waals surface area contributed by atoms with Crippen LogP contribution in [0.25, 0.3) is 39.2 Å². The molecule has 2 aliphatic heterocycles. The number of fused-ring (bicyclic) bond motifs is 5. The summed E-state index contributed by atoms with van der Waals surface area (Å²) in [7, 11) is 1.61. The predicted octanol–water partition coefficient (Wildman–Crippen LogP) is 6.37. The van der Waals surface area contributed by atoms with E-state index < -0.39 is 11.6 Å². The Morgan fingerprint density at radius 1 is 1.08 bits per heavy atom. The van der Waals surface area contributed by atoms with Crippen LogP contribution in [0.1, 0.15) is 78.3 Å². The van der Waals surface area contributed by atoms with Crippen LogP contribution in [-0.4, -0.2) is 83.3 Å². The zero-order chi connectivity index (χ0) is 36.2. The van der Waals surface area contributed by atoms with Gasteiger partial charge in [-0.3, -0.25) is 14.5 Å². The summed E-state index contributed by atoms with van der Waals surface area (Å²) in [6.07, 6.45) is 4.84. The lowest BCUT2D eigenvalue weighted by molar-refractivity contribution is 0.0503. The van der Waals surface area contributed by atoms with Gasteiger partial charge in [0.1, 0.15) is 22.6 Å². The van der Waals surface area contributed by atoms with E-state index in [9.17, 15) is 19.5 Å². The number of amides is 3. The van der Waals surface area contributed by atoms with Gasteiger partial charge < -0.3 is 24.6 Å². The molecule has 0 spiro atoms. The van der Waals surface area contributed by atoms with Gasteiger partial charge in [-0.25, -0.2) is 14.3 Å². The Kier molecular flexibility index (Phi) is 7.23. The van der Waals surface area contributed by atoms with Crippen LogP contribution in [0, 0.1) is 18.8 Å². The quantitative estimate of drug-likeness (QED) is 0.201. The van der Waals surface area contributed by atoms with Crippen molar-refractivity contribution in [2.45, 2.75) is 84.1 Å². The maximum atomic E-state index is 14.3. The third-order valence-corrected chi connectivity index (χ3v) is 11.6. The van der Waals surface area contributed by atoms with E-state index in [1.54, 1.807) is 28.8 Å². The summed E-state index contributed by atoms with van der Waals surface area (Å²) in [6, 6.07) is 13.6. The lowest BCUT2D eigenvalue weighted by Crippen LogP contribution is -2.55. The number of rotatable bonds is 7. The second-order valence-corrected chi connectivity index (χ2v) is 16.0. The molecule has 268 valence electrons. The van der Waals surface area contributed by atoms with Gasteiger partial charge in [0, 0.05) is 53.4 Å². The molecular weight excluding hydrogens is 658 g/mol. The van der Waals surface area contributed by atoms with E-state index in [1.807, 2.05) is 56.9 Å². The van der Waals surface area contributed by atoms with Crippen LogP contribution in [0.3, 0.4) is 0 Å². The summed E-state index contributed by atoms with van der Waals surface area (Å²) < 4.78 is 9.94. The number of carboxylic acid groups (broad SMARTS) is 1. The fourth-order valence-electron chi connectivity index (χ4n) is 9.01. The Hall–Kier alpha value is -5.39. The summed E-state index contributed by atoms with van der Waals surface area (Å²) in [4.78, 5) is 47.7. The minimum atomic E-state index is -0.950. The molecule has 12 nitrogen and oxygen atoms in total. The highest BCUT2D eigenvalue weighted by Crippen LogP contribution is 2.44. The number of nitrogens with one attached hydrogen (secondary N) is 1. The van der Waals surface area contributed by atoms with Crippen LogP contribution in [-0.2, 0) is 13.1 Å². The number of likely N-dealkylation sites (tertiary alicyclic amines) is 1. The number of carbonyl (C=O) groups excluding carboxylic acids is 2. The maximum Gasteiger partial charge on any atom is 0.408 e. The van der Waals surface area contributed by atoms with Crippen LogP contribution in [0.2, 0.25) is 0 Å². The molecule has 4 aliphatic rings. The van der Waals surface area contributed by atoms with Crippen molar-refractivity contribution in [1.82, 2.24) is 34.3 Å². The van der Waals surface area contributed by atoms with Crippen molar-refractivity contribution < 1.29 is 24.2 Å². The average molecular weight is 702 g/mol. The predicted molar refractivity (Wildman–Crippen MR) is 195 cm³/mol. The number of aromatic nitrogens is 4. The van der Waals surface area contributed by atoms with Crippen molar-refractivity contribution >= 4 is 34.5 Å². The van der Waals surface area contributed by atoms with Gasteiger partial charge in [-0.15, -0.1) is 0 Å². The smallest absolute Gasteiger partial charge is 0.408 e. The fourth-order valence-corrected chi connectivity index (χ4v) is 9.01. The molecule has 2 aliphatic carbocycles. The Labute approximate surface area is 301 Å². The number of piperidine rings is 1. The van der Waals surface area contributed by atoms with Gasteiger partial charge in [0.2, 0.25) is 0 Å². The summed E-state index contributed by atoms with van der Waals surface area (Å²) in [5.41, 5.74) is 7.60. The van der Waals surface area contributed by atoms with Crippen molar-refractivity contribution in [2.75, 3.05) is 13.7 Å². The lowest BCUT2D eigenvalue weighted by Gasteiger charge is -2.40. The molecule has 2 saturated carbocycles. The number of carbonyl (C=O) groups is 3. The van der Waals surface area contributed by atoms with E-state index in [1.165, 1.54) is 12.8 Å². The summed E-state index contributed by atoms with van der Waals surface area (Å²) >= 11 is 0. The van der Waals surface area contributed by atoms with E-state index in [2.05, 4.69) is 22.0 Å². The van der Waals surface area contributed by atoms with E-state index in [0.29, 0.717) is 35.9 Å². The van der Waals surface area contributed by atoms with Crippen molar-refractivity contribution in [3.63, 3.8) is 0 Å². The first kappa shape index (κ1) is 32.5. The SMILES string of the molecule is COc1cc(C(=O)N2CC3CCC2[C@@H]3N(C(=O)O)C(C)(C)C)cn2nc(-c3cc4ccc(-c5ccc6c(c5)C(=O)NC6)nc4n3CC3CC3)c(C)c12. The van der Waals surface area contributed by atoms with Gasteiger partial charge in [-0.2, -0.15) is 5.10 Å². The molecule has 1 saturated heterocycles. The summed E-state index contributed by atoms with van der Waals surface area (Å²) in [5, 5.41) is 19.2. The second-order valence-electron chi connectivity index (χ2n) is 16.0. The first-order chi connectivity index (χ1) is 24.9. The monoisotopic (exact) mass is 701 g/mol. The van der Waals surface area contributed by atoms with Gasteiger partial charge in [0.25, 0.3) is 11.8 Å². The maximum absolute atomic E-state index is 14.3. The molecular formula is C40H43N7O5. The molecule has 52 heavy (non-hydrogen) atoms. The first-order valence-corrected chi connectivity index (χ1v) is 18.2. The molecule has 2 unspecified atom stereocenters. The summed E-state index contributed by atoms with van der Waals surface area (Å²) in [6.45, 7) is 9.66. The number of hydrogen-bond acceptors (Lipinski definition) is 6. The van der Waals surface area contributed by atoms with Crippen molar-refractivity contribution in [2.24, 2.45) is 11.8 Å². The number of methoxy groups -OCH3 is 1. The Morgan fingerprint density at radius 2 is 1.88 bits per heavy atom. The molecule has 3 amide bonds. The number of benzene rings is 1. The fraction of sp³-hybridized carbons (Fsp3) is 0.425. The number of nitrogens with zero attached hydrogens (tertiary/aromatic N) is 6. The summed E-state index contributed by atoms with van der Waals surface area (Å²) in [5.74, 6) is 1.01. The van der Waals surface area contributed by atoms with E-state index in [4.69, 9.17) is 14.8 Å². The molecule has 0 radical (unpaired) electrons. The first-order valence-electron chi connectivity index (χ1n) is 18.2. The van der Waals surface area contributed by atoms with Crippen LogP contribution >= 0.6 is 0 Å². The molecule has 6 heterocycles. The third-order valence-electron chi connectivity index (χ3n) is 11.6. The number of ether oxygens (including phenoxy) is 1. The van der Waals surface area contributed by atoms with Crippen molar-refractivity contribution in [1.29, 1.82) is 0 Å². The molecule has 3 atom stereocenters.